The van der Waals surface area contributed by atoms with Crippen molar-refractivity contribution in [2.24, 2.45) is 5.92 Å². The summed E-state index contributed by atoms with van der Waals surface area (Å²) in [4.78, 5) is 22.4. The summed E-state index contributed by atoms with van der Waals surface area (Å²) in [6.45, 7) is 0.596. The van der Waals surface area contributed by atoms with E-state index >= 15 is 0 Å². The number of fused-ring (bicyclic) bond motifs is 1. The second-order valence-corrected chi connectivity index (χ2v) is 4.00. The van der Waals surface area contributed by atoms with E-state index < -0.39 is 0 Å². The standard InChI is InChI=1S/C9H14N2O2/c1-10-9-4-7(12)2-6(9)3-8(13)11-5-9/h6,10H,2-5H2,1H3,(H,11,13). The van der Waals surface area contributed by atoms with Crippen molar-refractivity contribution < 1.29 is 9.59 Å². The molecule has 4 heteroatoms. The van der Waals surface area contributed by atoms with Gasteiger partial charge in [-0.3, -0.25) is 9.59 Å². The Bertz CT molecular complexity index is 264. The van der Waals surface area contributed by atoms with Crippen molar-refractivity contribution in [3.8, 4) is 0 Å². The van der Waals surface area contributed by atoms with Gasteiger partial charge < -0.3 is 10.6 Å². The first-order valence-corrected chi connectivity index (χ1v) is 4.63. The molecule has 0 aromatic carbocycles. The fraction of sp³-hybridized carbons (Fsp3) is 0.778. The highest BCUT2D eigenvalue weighted by Crippen LogP contribution is 2.37. The van der Waals surface area contributed by atoms with Crippen molar-refractivity contribution in [2.75, 3.05) is 13.6 Å². The Kier molecular flexibility index (Phi) is 1.87. The number of rotatable bonds is 1. The molecular weight excluding hydrogens is 168 g/mol. The van der Waals surface area contributed by atoms with Crippen LogP contribution in [-0.4, -0.2) is 30.8 Å². The zero-order chi connectivity index (χ0) is 9.47. The second kappa shape index (κ2) is 2.80. The normalized spacial score (nSPS) is 38.7. The quantitative estimate of drug-likeness (QED) is 0.571. The van der Waals surface area contributed by atoms with E-state index in [0.717, 1.165) is 0 Å². The number of piperidine rings is 1. The third kappa shape index (κ3) is 1.25. The molecule has 2 fully saturated rings. The van der Waals surface area contributed by atoms with Gasteiger partial charge in [0.2, 0.25) is 5.91 Å². The SMILES string of the molecule is CNC12CNC(=O)CC1CC(=O)C2. The van der Waals surface area contributed by atoms with Crippen molar-refractivity contribution in [3.05, 3.63) is 0 Å². The summed E-state index contributed by atoms with van der Waals surface area (Å²) >= 11 is 0. The predicted octanol–water partition coefficient (Wildman–Crippen LogP) is -0.556. The minimum absolute atomic E-state index is 0.0746. The van der Waals surface area contributed by atoms with E-state index in [1.165, 1.54) is 0 Å². The minimum atomic E-state index is -0.148. The largest absolute Gasteiger partial charge is 0.354 e. The Labute approximate surface area is 77.1 Å². The summed E-state index contributed by atoms with van der Waals surface area (Å²) in [5.41, 5.74) is -0.148. The van der Waals surface area contributed by atoms with Crippen LogP contribution in [0.15, 0.2) is 0 Å². The van der Waals surface area contributed by atoms with Gasteiger partial charge in [-0.1, -0.05) is 0 Å². The number of hydrogen-bond donors (Lipinski definition) is 2. The van der Waals surface area contributed by atoms with Crippen LogP contribution in [0.2, 0.25) is 0 Å². The van der Waals surface area contributed by atoms with Crippen molar-refractivity contribution in [2.45, 2.75) is 24.8 Å². The summed E-state index contributed by atoms with van der Waals surface area (Å²) in [7, 11) is 1.86. The third-order valence-electron chi connectivity index (χ3n) is 3.30. The first-order valence-electron chi connectivity index (χ1n) is 4.63. The van der Waals surface area contributed by atoms with Gasteiger partial charge in [-0.15, -0.1) is 0 Å². The molecule has 1 aliphatic carbocycles. The average Bonchev–Trinajstić information content (AvgIpc) is 2.41. The second-order valence-electron chi connectivity index (χ2n) is 4.00. The predicted molar refractivity (Wildman–Crippen MR) is 47.1 cm³/mol. The van der Waals surface area contributed by atoms with E-state index in [2.05, 4.69) is 10.6 Å². The van der Waals surface area contributed by atoms with Crippen LogP contribution in [0.1, 0.15) is 19.3 Å². The van der Waals surface area contributed by atoms with E-state index in [-0.39, 0.29) is 23.1 Å². The lowest BCUT2D eigenvalue weighted by Crippen LogP contribution is -2.59. The minimum Gasteiger partial charge on any atom is -0.354 e. The van der Waals surface area contributed by atoms with Crippen molar-refractivity contribution in [1.29, 1.82) is 0 Å². The van der Waals surface area contributed by atoms with Gasteiger partial charge in [-0.25, -0.2) is 0 Å². The summed E-state index contributed by atoms with van der Waals surface area (Å²) in [5, 5.41) is 6.01. The van der Waals surface area contributed by atoms with Gasteiger partial charge in [0.25, 0.3) is 0 Å². The van der Waals surface area contributed by atoms with E-state index in [1.807, 2.05) is 7.05 Å². The van der Waals surface area contributed by atoms with Crippen LogP contribution in [0.4, 0.5) is 0 Å². The number of hydrogen-bond acceptors (Lipinski definition) is 3. The van der Waals surface area contributed by atoms with Gasteiger partial charge in [0, 0.05) is 31.3 Å². The first kappa shape index (κ1) is 8.69. The van der Waals surface area contributed by atoms with Gasteiger partial charge in [0.1, 0.15) is 5.78 Å². The number of Topliss-reactive ketones (excluding diaryl/α,β-unsaturated/α-hetero) is 1. The lowest BCUT2D eigenvalue weighted by molar-refractivity contribution is -0.125. The van der Waals surface area contributed by atoms with Gasteiger partial charge in [0.05, 0.1) is 0 Å². The lowest BCUT2D eigenvalue weighted by atomic mass is 9.82. The molecule has 2 atom stereocenters. The molecule has 2 N–H and O–H groups in total. The molecule has 2 rings (SSSR count). The van der Waals surface area contributed by atoms with Crippen molar-refractivity contribution >= 4 is 11.7 Å². The fourth-order valence-electron chi connectivity index (χ4n) is 2.45. The fourth-order valence-corrected chi connectivity index (χ4v) is 2.45. The smallest absolute Gasteiger partial charge is 0.220 e. The van der Waals surface area contributed by atoms with Crippen molar-refractivity contribution in [3.63, 3.8) is 0 Å². The van der Waals surface area contributed by atoms with Crippen LogP contribution >= 0.6 is 0 Å². The van der Waals surface area contributed by atoms with E-state index in [9.17, 15) is 9.59 Å². The molecule has 0 aromatic heterocycles. The Morgan fingerprint density at radius 2 is 2.23 bits per heavy atom. The van der Waals surface area contributed by atoms with Crippen LogP contribution in [-0.2, 0) is 9.59 Å². The van der Waals surface area contributed by atoms with Gasteiger partial charge in [-0.05, 0) is 13.0 Å². The number of carbonyl (C=O) groups is 2. The van der Waals surface area contributed by atoms with Crippen LogP contribution < -0.4 is 10.6 Å². The number of likely N-dealkylation sites (N-methyl/N-ethyl adjacent to an activating group) is 1. The Hall–Kier alpha value is -0.900. The third-order valence-corrected chi connectivity index (χ3v) is 3.30. The summed E-state index contributed by atoms with van der Waals surface area (Å²) in [6, 6.07) is 0. The molecule has 1 saturated carbocycles. The number of amides is 1. The molecule has 13 heavy (non-hydrogen) atoms. The summed E-state index contributed by atoms with van der Waals surface area (Å²) in [6.07, 6.45) is 1.62. The molecule has 0 aromatic rings. The van der Waals surface area contributed by atoms with Crippen LogP contribution in [0.5, 0.6) is 0 Å². The highest BCUT2D eigenvalue weighted by Gasteiger charge is 2.48. The molecule has 2 unspecified atom stereocenters. The Morgan fingerprint density at radius 1 is 1.46 bits per heavy atom. The summed E-state index contributed by atoms with van der Waals surface area (Å²) < 4.78 is 0. The molecule has 72 valence electrons. The molecule has 0 spiro atoms. The molecule has 4 nitrogen and oxygen atoms in total. The maximum Gasteiger partial charge on any atom is 0.220 e. The molecule has 2 aliphatic rings. The van der Waals surface area contributed by atoms with E-state index in [1.54, 1.807) is 0 Å². The Morgan fingerprint density at radius 3 is 2.92 bits per heavy atom. The number of carbonyl (C=O) groups excluding carboxylic acids is 2. The zero-order valence-electron chi connectivity index (χ0n) is 7.72. The molecule has 0 radical (unpaired) electrons. The monoisotopic (exact) mass is 182 g/mol. The molecule has 1 heterocycles. The molecule has 0 bridgehead atoms. The van der Waals surface area contributed by atoms with E-state index in [0.29, 0.717) is 25.8 Å². The first-order chi connectivity index (χ1) is 6.16. The number of nitrogens with one attached hydrogen (secondary N) is 2. The highest BCUT2D eigenvalue weighted by molar-refractivity contribution is 5.86. The van der Waals surface area contributed by atoms with Crippen molar-refractivity contribution in [1.82, 2.24) is 10.6 Å². The topological polar surface area (TPSA) is 58.2 Å². The maximum absolute atomic E-state index is 11.3. The van der Waals surface area contributed by atoms with Gasteiger partial charge in [-0.2, -0.15) is 0 Å². The Balaban J connectivity index is 2.22. The lowest BCUT2D eigenvalue weighted by Gasteiger charge is -2.38. The van der Waals surface area contributed by atoms with Crippen LogP contribution in [0, 0.1) is 5.92 Å². The summed E-state index contributed by atoms with van der Waals surface area (Å²) in [5.74, 6) is 0.556. The molecular formula is C9H14N2O2. The molecule has 1 saturated heterocycles. The van der Waals surface area contributed by atoms with Gasteiger partial charge >= 0.3 is 0 Å². The van der Waals surface area contributed by atoms with E-state index in [4.69, 9.17) is 0 Å². The van der Waals surface area contributed by atoms with Gasteiger partial charge in [0.15, 0.2) is 0 Å². The molecule has 1 aliphatic heterocycles. The average molecular weight is 182 g/mol. The highest BCUT2D eigenvalue weighted by atomic mass is 16.2. The van der Waals surface area contributed by atoms with Crippen LogP contribution in [0.25, 0.3) is 0 Å². The molecule has 1 amide bonds. The van der Waals surface area contributed by atoms with Crippen LogP contribution in [0.3, 0.4) is 0 Å². The maximum atomic E-state index is 11.3. The number of ketones is 1. The zero-order valence-corrected chi connectivity index (χ0v) is 7.72.